The van der Waals surface area contributed by atoms with Crippen LogP contribution in [-0.4, -0.2) is 20.4 Å². The molecule has 0 spiro atoms. The first-order chi connectivity index (χ1) is 10.8. The van der Waals surface area contributed by atoms with Gasteiger partial charge in [0.15, 0.2) is 0 Å². The molecule has 0 saturated heterocycles. The number of carbonyl (C=O) groups excluding carboxylic acids is 1. The second-order valence-electron chi connectivity index (χ2n) is 5.26. The maximum Gasteiger partial charge on any atom is 0.226 e. The van der Waals surface area contributed by atoms with Gasteiger partial charge in [-0.1, -0.05) is 18.2 Å². The molecule has 1 unspecified atom stereocenters. The van der Waals surface area contributed by atoms with Gasteiger partial charge in [0.25, 0.3) is 0 Å². The van der Waals surface area contributed by atoms with Gasteiger partial charge in [0, 0.05) is 17.4 Å². The number of hydrogen-bond acceptors (Lipinski definition) is 3. The maximum atomic E-state index is 12.3. The molecule has 1 aliphatic heterocycles. The molecule has 1 N–H and O–H groups in total. The number of para-hydroxylation sites is 1. The third-order valence-electron chi connectivity index (χ3n) is 3.87. The smallest absolute Gasteiger partial charge is 0.226 e. The van der Waals surface area contributed by atoms with Crippen molar-refractivity contribution in [3.63, 3.8) is 0 Å². The van der Waals surface area contributed by atoms with E-state index in [2.05, 4.69) is 15.3 Å². The summed E-state index contributed by atoms with van der Waals surface area (Å²) in [5, 5.41) is 2.92. The third kappa shape index (κ3) is 2.07. The van der Waals surface area contributed by atoms with Gasteiger partial charge < -0.3 is 9.88 Å². The minimum absolute atomic E-state index is 0.0330. The molecule has 5 heteroatoms. The van der Waals surface area contributed by atoms with E-state index in [-0.39, 0.29) is 11.9 Å². The van der Waals surface area contributed by atoms with E-state index < -0.39 is 0 Å². The summed E-state index contributed by atoms with van der Waals surface area (Å²) >= 11 is 0. The quantitative estimate of drug-likeness (QED) is 0.807. The first kappa shape index (κ1) is 12.8. The summed E-state index contributed by atoms with van der Waals surface area (Å²) in [7, 11) is 0. The van der Waals surface area contributed by atoms with Crippen LogP contribution in [0.1, 0.15) is 18.2 Å². The van der Waals surface area contributed by atoms with Gasteiger partial charge in [0.1, 0.15) is 0 Å². The Bertz CT molecular complexity index is 825. The number of fused-ring (bicyclic) bond motifs is 3. The summed E-state index contributed by atoms with van der Waals surface area (Å²) in [6.07, 6.45) is 5.68. The number of carbonyl (C=O) groups is 1. The van der Waals surface area contributed by atoms with Gasteiger partial charge in [0.05, 0.1) is 36.4 Å². The lowest BCUT2D eigenvalue weighted by atomic mass is 10.1. The average Bonchev–Trinajstić information content (AvgIpc) is 3.12. The van der Waals surface area contributed by atoms with Crippen molar-refractivity contribution in [3.05, 3.63) is 66.9 Å². The highest BCUT2D eigenvalue weighted by atomic mass is 16.1. The van der Waals surface area contributed by atoms with Crippen molar-refractivity contribution in [2.75, 3.05) is 5.32 Å². The standard InChI is InChI=1S/C17H14N4O/c22-16(20-12-5-2-1-3-6-12)9-14-17-13(7-4-8-19-17)15-10-18-11-21(14)15/h1-8,10-11,14H,9H2,(H,20,22). The molecule has 4 rings (SSSR count). The molecule has 3 aromatic rings. The zero-order valence-electron chi connectivity index (χ0n) is 11.8. The highest BCUT2D eigenvalue weighted by molar-refractivity contribution is 5.91. The van der Waals surface area contributed by atoms with Gasteiger partial charge in [-0.2, -0.15) is 0 Å². The highest BCUT2D eigenvalue weighted by Gasteiger charge is 2.31. The topological polar surface area (TPSA) is 59.8 Å². The number of aromatic nitrogens is 3. The van der Waals surface area contributed by atoms with Crippen LogP contribution in [0, 0.1) is 0 Å². The Kier molecular flexibility index (Phi) is 2.96. The Balaban J connectivity index is 1.60. The Morgan fingerprint density at radius 3 is 2.91 bits per heavy atom. The van der Waals surface area contributed by atoms with E-state index in [9.17, 15) is 4.79 Å². The normalized spacial score (nSPS) is 15.2. The van der Waals surface area contributed by atoms with E-state index in [4.69, 9.17) is 0 Å². The minimum Gasteiger partial charge on any atom is -0.326 e. The van der Waals surface area contributed by atoms with Crippen molar-refractivity contribution in [2.24, 2.45) is 0 Å². The van der Waals surface area contributed by atoms with Gasteiger partial charge in [-0.15, -0.1) is 0 Å². The Hall–Kier alpha value is -2.95. The summed E-state index contributed by atoms with van der Waals surface area (Å²) < 4.78 is 2.02. The first-order valence-corrected chi connectivity index (χ1v) is 7.15. The molecule has 1 aromatic carbocycles. The van der Waals surface area contributed by atoms with E-state index in [1.807, 2.05) is 53.2 Å². The Labute approximate surface area is 127 Å². The highest BCUT2D eigenvalue weighted by Crippen LogP contribution is 2.39. The Morgan fingerprint density at radius 2 is 2.05 bits per heavy atom. The van der Waals surface area contributed by atoms with E-state index in [0.717, 1.165) is 22.6 Å². The van der Waals surface area contributed by atoms with Crippen LogP contribution in [0.5, 0.6) is 0 Å². The van der Waals surface area contributed by atoms with Crippen molar-refractivity contribution >= 4 is 11.6 Å². The molecule has 0 bridgehead atoms. The number of amides is 1. The number of nitrogens with zero attached hydrogens (tertiary/aromatic N) is 3. The zero-order valence-corrected chi connectivity index (χ0v) is 11.8. The van der Waals surface area contributed by atoms with Crippen LogP contribution in [-0.2, 0) is 4.79 Å². The van der Waals surface area contributed by atoms with Crippen molar-refractivity contribution in [3.8, 4) is 11.3 Å². The van der Waals surface area contributed by atoms with Crippen LogP contribution in [0.4, 0.5) is 5.69 Å². The number of anilines is 1. The van der Waals surface area contributed by atoms with Crippen molar-refractivity contribution in [1.29, 1.82) is 0 Å². The summed E-state index contributed by atoms with van der Waals surface area (Å²) in [5.74, 6) is -0.0330. The van der Waals surface area contributed by atoms with Crippen molar-refractivity contribution in [2.45, 2.75) is 12.5 Å². The molecule has 1 aliphatic rings. The molecule has 0 radical (unpaired) electrons. The molecule has 0 aliphatic carbocycles. The fourth-order valence-electron chi connectivity index (χ4n) is 2.90. The van der Waals surface area contributed by atoms with Gasteiger partial charge in [-0.3, -0.25) is 9.78 Å². The SMILES string of the molecule is O=C(CC1c2ncccc2-c2cncn21)Nc1ccccc1. The molecule has 2 aromatic heterocycles. The first-order valence-electron chi connectivity index (χ1n) is 7.15. The number of hydrogen-bond donors (Lipinski definition) is 1. The van der Waals surface area contributed by atoms with E-state index >= 15 is 0 Å². The predicted octanol–water partition coefficient (Wildman–Crippen LogP) is 2.88. The molecule has 0 fully saturated rings. The summed E-state index contributed by atoms with van der Waals surface area (Å²) in [4.78, 5) is 21.0. The van der Waals surface area contributed by atoms with Crippen LogP contribution in [0.3, 0.4) is 0 Å². The van der Waals surface area contributed by atoms with E-state index in [0.29, 0.717) is 6.42 Å². The summed E-state index contributed by atoms with van der Waals surface area (Å²) in [6, 6.07) is 13.3. The van der Waals surface area contributed by atoms with E-state index in [1.54, 1.807) is 12.5 Å². The van der Waals surface area contributed by atoms with Gasteiger partial charge in [0.2, 0.25) is 5.91 Å². The molecule has 108 valence electrons. The molecule has 0 saturated carbocycles. The minimum atomic E-state index is -0.0996. The average molecular weight is 290 g/mol. The largest absolute Gasteiger partial charge is 0.326 e. The fourth-order valence-corrected chi connectivity index (χ4v) is 2.90. The predicted molar refractivity (Wildman–Crippen MR) is 83.3 cm³/mol. The lowest BCUT2D eigenvalue weighted by Crippen LogP contribution is -2.18. The second-order valence-corrected chi connectivity index (χ2v) is 5.26. The summed E-state index contributed by atoms with van der Waals surface area (Å²) in [6.45, 7) is 0. The van der Waals surface area contributed by atoms with Gasteiger partial charge >= 0.3 is 0 Å². The molecule has 3 heterocycles. The number of nitrogens with one attached hydrogen (secondary N) is 1. The fraction of sp³-hybridized carbons (Fsp3) is 0.118. The van der Waals surface area contributed by atoms with Crippen LogP contribution in [0.25, 0.3) is 11.3 Å². The molecule has 1 amide bonds. The number of benzene rings is 1. The number of rotatable bonds is 3. The van der Waals surface area contributed by atoms with Crippen LogP contribution >= 0.6 is 0 Å². The molecule has 22 heavy (non-hydrogen) atoms. The lowest BCUT2D eigenvalue weighted by molar-refractivity contribution is -0.116. The number of pyridine rings is 1. The van der Waals surface area contributed by atoms with Gasteiger partial charge in [-0.25, -0.2) is 4.98 Å². The third-order valence-corrected chi connectivity index (χ3v) is 3.87. The lowest BCUT2D eigenvalue weighted by Gasteiger charge is -2.13. The summed E-state index contributed by atoms with van der Waals surface area (Å²) in [5.41, 5.74) is 3.80. The van der Waals surface area contributed by atoms with E-state index in [1.165, 1.54) is 0 Å². The molecule has 1 atom stereocenters. The monoisotopic (exact) mass is 290 g/mol. The van der Waals surface area contributed by atoms with Crippen molar-refractivity contribution in [1.82, 2.24) is 14.5 Å². The number of imidazole rings is 1. The van der Waals surface area contributed by atoms with Crippen LogP contribution in [0.15, 0.2) is 61.2 Å². The maximum absolute atomic E-state index is 12.3. The van der Waals surface area contributed by atoms with Crippen LogP contribution in [0.2, 0.25) is 0 Å². The second kappa shape index (κ2) is 5.11. The van der Waals surface area contributed by atoms with Crippen LogP contribution < -0.4 is 5.32 Å². The Morgan fingerprint density at radius 1 is 1.18 bits per heavy atom. The molecule has 5 nitrogen and oxygen atoms in total. The van der Waals surface area contributed by atoms with Crippen molar-refractivity contribution < 1.29 is 4.79 Å². The molecular weight excluding hydrogens is 276 g/mol. The van der Waals surface area contributed by atoms with Gasteiger partial charge in [-0.05, 0) is 24.3 Å². The zero-order chi connectivity index (χ0) is 14.9. The molecular formula is C17H14N4O.